The van der Waals surface area contributed by atoms with E-state index in [0.717, 1.165) is 63.8 Å². The van der Waals surface area contributed by atoms with Crippen molar-refractivity contribution in [3.8, 4) is 11.4 Å². The van der Waals surface area contributed by atoms with E-state index in [1.165, 1.54) is 0 Å². The summed E-state index contributed by atoms with van der Waals surface area (Å²) in [5.41, 5.74) is 1.00. The lowest BCUT2D eigenvalue weighted by Crippen LogP contribution is -2.38. The molecule has 1 aromatic heterocycles. The second-order valence-corrected chi connectivity index (χ2v) is 6.23. The topological polar surface area (TPSA) is 67.1 Å². The van der Waals surface area contributed by atoms with Crippen molar-refractivity contribution in [2.75, 3.05) is 19.6 Å². The first-order chi connectivity index (χ1) is 11.3. The SMILES string of the molecule is OC1CCCN(CCCCCn2nnc(-c3ccccc3)n2)C1. The lowest BCUT2D eigenvalue weighted by Gasteiger charge is -2.29. The monoisotopic (exact) mass is 315 g/mol. The molecule has 2 heterocycles. The molecule has 0 spiro atoms. The van der Waals surface area contributed by atoms with Gasteiger partial charge in [-0.1, -0.05) is 36.8 Å². The summed E-state index contributed by atoms with van der Waals surface area (Å²) in [5.74, 6) is 0.688. The van der Waals surface area contributed by atoms with Crippen LogP contribution in [0.1, 0.15) is 32.1 Å². The number of aliphatic hydroxyl groups excluding tert-OH is 1. The molecule has 1 atom stereocenters. The van der Waals surface area contributed by atoms with Crippen molar-refractivity contribution in [2.45, 2.75) is 44.8 Å². The zero-order valence-corrected chi connectivity index (χ0v) is 13.5. The molecule has 2 aromatic rings. The maximum absolute atomic E-state index is 9.66. The minimum atomic E-state index is -0.125. The average molecular weight is 315 g/mol. The first kappa shape index (κ1) is 16.1. The van der Waals surface area contributed by atoms with Crippen LogP contribution in [-0.2, 0) is 6.54 Å². The Kier molecular flexibility index (Phi) is 5.71. The highest BCUT2D eigenvalue weighted by atomic mass is 16.3. The van der Waals surface area contributed by atoms with E-state index in [1.807, 2.05) is 30.3 Å². The summed E-state index contributed by atoms with van der Waals surface area (Å²) in [6, 6.07) is 9.93. The number of unbranched alkanes of at least 4 members (excludes halogenated alkanes) is 2. The molecule has 0 bridgehead atoms. The van der Waals surface area contributed by atoms with Gasteiger partial charge in [0.15, 0.2) is 0 Å². The Hall–Kier alpha value is -1.79. The van der Waals surface area contributed by atoms with Crippen molar-refractivity contribution in [3.63, 3.8) is 0 Å². The molecule has 124 valence electrons. The van der Waals surface area contributed by atoms with Crippen LogP contribution >= 0.6 is 0 Å². The minimum Gasteiger partial charge on any atom is -0.392 e. The van der Waals surface area contributed by atoms with E-state index >= 15 is 0 Å². The number of aromatic nitrogens is 4. The molecule has 1 fully saturated rings. The van der Waals surface area contributed by atoms with Crippen molar-refractivity contribution >= 4 is 0 Å². The number of aliphatic hydroxyl groups is 1. The lowest BCUT2D eigenvalue weighted by molar-refractivity contribution is 0.0697. The summed E-state index contributed by atoms with van der Waals surface area (Å²) in [4.78, 5) is 4.06. The van der Waals surface area contributed by atoms with Gasteiger partial charge < -0.3 is 10.0 Å². The van der Waals surface area contributed by atoms with E-state index in [4.69, 9.17) is 0 Å². The van der Waals surface area contributed by atoms with E-state index in [-0.39, 0.29) is 6.10 Å². The summed E-state index contributed by atoms with van der Waals surface area (Å²) in [6.45, 7) is 3.85. The summed E-state index contributed by atoms with van der Waals surface area (Å²) in [5, 5.41) is 22.3. The Labute approximate surface area is 137 Å². The minimum absolute atomic E-state index is 0.125. The van der Waals surface area contributed by atoms with Gasteiger partial charge in [0.2, 0.25) is 5.82 Å². The van der Waals surface area contributed by atoms with Crippen LogP contribution in [0.25, 0.3) is 11.4 Å². The van der Waals surface area contributed by atoms with Gasteiger partial charge in [-0.05, 0) is 44.0 Å². The van der Waals surface area contributed by atoms with Gasteiger partial charge in [0, 0.05) is 12.1 Å². The normalized spacial score (nSPS) is 19.1. The molecule has 1 aliphatic rings. The van der Waals surface area contributed by atoms with Crippen molar-refractivity contribution in [1.82, 2.24) is 25.1 Å². The van der Waals surface area contributed by atoms with E-state index in [9.17, 15) is 5.11 Å². The fourth-order valence-electron chi connectivity index (χ4n) is 3.04. The van der Waals surface area contributed by atoms with E-state index < -0.39 is 0 Å². The molecule has 0 aliphatic carbocycles. The highest BCUT2D eigenvalue weighted by Gasteiger charge is 2.16. The molecule has 1 saturated heterocycles. The number of benzene rings is 1. The summed E-state index contributed by atoms with van der Waals surface area (Å²) >= 11 is 0. The predicted octanol–water partition coefficient (Wildman–Crippen LogP) is 1.97. The number of hydrogen-bond donors (Lipinski definition) is 1. The Morgan fingerprint density at radius 1 is 1.09 bits per heavy atom. The molecule has 1 unspecified atom stereocenters. The zero-order chi connectivity index (χ0) is 15.9. The third-order valence-electron chi connectivity index (χ3n) is 4.30. The number of aryl methyl sites for hydroxylation is 1. The van der Waals surface area contributed by atoms with Crippen LogP contribution in [0.15, 0.2) is 30.3 Å². The van der Waals surface area contributed by atoms with E-state index in [0.29, 0.717) is 5.82 Å². The zero-order valence-electron chi connectivity index (χ0n) is 13.5. The molecule has 1 N–H and O–H groups in total. The van der Waals surface area contributed by atoms with Crippen LogP contribution in [0.3, 0.4) is 0 Å². The second-order valence-electron chi connectivity index (χ2n) is 6.23. The van der Waals surface area contributed by atoms with Gasteiger partial charge in [-0.2, -0.15) is 4.80 Å². The van der Waals surface area contributed by atoms with Crippen LogP contribution < -0.4 is 0 Å². The highest BCUT2D eigenvalue weighted by Crippen LogP contribution is 2.13. The number of likely N-dealkylation sites (tertiary alicyclic amines) is 1. The Morgan fingerprint density at radius 3 is 2.74 bits per heavy atom. The Morgan fingerprint density at radius 2 is 1.91 bits per heavy atom. The number of piperidine rings is 1. The second kappa shape index (κ2) is 8.17. The average Bonchev–Trinajstić information content (AvgIpc) is 3.04. The highest BCUT2D eigenvalue weighted by molar-refractivity contribution is 5.52. The summed E-state index contributed by atoms with van der Waals surface area (Å²) in [7, 11) is 0. The molecule has 23 heavy (non-hydrogen) atoms. The quantitative estimate of drug-likeness (QED) is 0.791. The standard InChI is InChI=1S/C17H25N5O/c23-16-10-7-12-21(14-16)11-5-2-6-13-22-19-17(18-20-22)15-8-3-1-4-9-15/h1,3-4,8-9,16,23H,2,5-7,10-14H2. The smallest absolute Gasteiger partial charge is 0.204 e. The first-order valence-corrected chi connectivity index (χ1v) is 8.55. The largest absolute Gasteiger partial charge is 0.392 e. The molecule has 0 amide bonds. The molecule has 6 heteroatoms. The van der Waals surface area contributed by atoms with Crippen molar-refractivity contribution in [1.29, 1.82) is 0 Å². The van der Waals surface area contributed by atoms with Crippen molar-refractivity contribution in [3.05, 3.63) is 30.3 Å². The van der Waals surface area contributed by atoms with Gasteiger partial charge in [0.25, 0.3) is 0 Å². The maximum Gasteiger partial charge on any atom is 0.204 e. The third kappa shape index (κ3) is 4.84. The van der Waals surface area contributed by atoms with E-state index in [1.54, 1.807) is 4.80 Å². The van der Waals surface area contributed by atoms with Gasteiger partial charge in [-0.25, -0.2) is 0 Å². The lowest BCUT2D eigenvalue weighted by atomic mass is 10.1. The van der Waals surface area contributed by atoms with Crippen molar-refractivity contribution in [2.24, 2.45) is 0 Å². The number of hydrogen-bond acceptors (Lipinski definition) is 5. The van der Waals surface area contributed by atoms with Crippen LogP contribution in [0.4, 0.5) is 0 Å². The molecular formula is C17H25N5O. The predicted molar refractivity (Wildman–Crippen MR) is 88.8 cm³/mol. The fraction of sp³-hybridized carbons (Fsp3) is 0.588. The number of tetrazole rings is 1. The molecule has 0 radical (unpaired) electrons. The van der Waals surface area contributed by atoms with Crippen LogP contribution in [-0.4, -0.2) is 56.0 Å². The summed E-state index contributed by atoms with van der Waals surface area (Å²) in [6.07, 6.45) is 5.31. The Bertz CT molecular complexity index is 586. The van der Waals surface area contributed by atoms with Gasteiger partial charge in [-0.3, -0.25) is 0 Å². The number of β-amino-alcohol motifs (C(OH)–C–C–N with tert-alkyl or cyclic N) is 1. The molecule has 1 aliphatic heterocycles. The molecule has 3 rings (SSSR count). The fourth-order valence-corrected chi connectivity index (χ4v) is 3.04. The van der Waals surface area contributed by atoms with Crippen LogP contribution in [0, 0.1) is 0 Å². The third-order valence-corrected chi connectivity index (χ3v) is 4.30. The van der Waals surface area contributed by atoms with Gasteiger partial charge >= 0.3 is 0 Å². The maximum atomic E-state index is 9.66. The molecule has 6 nitrogen and oxygen atoms in total. The summed E-state index contributed by atoms with van der Waals surface area (Å²) < 4.78 is 0. The number of rotatable bonds is 7. The van der Waals surface area contributed by atoms with Gasteiger partial charge in [-0.15, -0.1) is 10.2 Å². The molecule has 0 saturated carbocycles. The Balaban J connectivity index is 1.36. The molecule has 1 aromatic carbocycles. The molecular weight excluding hydrogens is 290 g/mol. The van der Waals surface area contributed by atoms with Gasteiger partial charge in [0.05, 0.1) is 12.6 Å². The van der Waals surface area contributed by atoms with E-state index in [2.05, 4.69) is 20.3 Å². The number of nitrogens with zero attached hydrogens (tertiary/aromatic N) is 5. The van der Waals surface area contributed by atoms with Crippen LogP contribution in [0.5, 0.6) is 0 Å². The first-order valence-electron chi connectivity index (χ1n) is 8.55. The van der Waals surface area contributed by atoms with Crippen molar-refractivity contribution < 1.29 is 5.11 Å². The van der Waals surface area contributed by atoms with Crippen LogP contribution in [0.2, 0.25) is 0 Å². The van der Waals surface area contributed by atoms with Gasteiger partial charge in [0.1, 0.15) is 0 Å².